The number of hydrogen-bond acceptors (Lipinski definition) is 5. The van der Waals surface area contributed by atoms with Gasteiger partial charge >= 0.3 is 12.0 Å². The molecule has 2 heterocycles. The third-order valence-electron chi connectivity index (χ3n) is 3.58. The number of nitrogens with one attached hydrogen (secondary N) is 1. The smallest absolute Gasteiger partial charge is 0.326 e. The van der Waals surface area contributed by atoms with Gasteiger partial charge < -0.3 is 19.9 Å². The predicted octanol–water partition coefficient (Wildman–Crippen LogP) is 1.84. The standard InChI is InChI=1S/C16H23N5O3S/c1-10(2)14-18-12(8-25-14)7-21(4)16(24)19-13(15(22)23)5-11-6-20(3)9-17-11/h6,8-10,13H,5,7H2,1-4H3,(H,19,24)(H,22,23)/t13-/m0/s1. The molecule has 0 saturated carbocycles. The number of rotatable bonds is 7. The van der Waals surface area contributed by atoms with Crippen LogP contribution in [0, 0.1) is 0 Å². The van der Waals surface area contributed by atoms with Gasteiger partial charge in [-0.2, -0.15) is 0 Å². The molecule has 2 aromatic rings. The summed E-state index contributed by atoms with van der Waals surface area (Å²) < 4.78 is 1.73. The first-order valence-corrected chi connectivity index (χ1v) is 8.79. The Morgan fingerprint density at radius 1 is 1.40 bits per heavy atom. The Morgan fingerprint density at radius 2 is 2.12 bits per heavy atom. The molecule has 136 valence electrons. The van der Waals surface area contributed by atoms with Crippen molar-refractivity contribution in [1.29, 1.82) is 0 Å². The summed E-state index contributed by atoms with van der Waals surface area (Å²) in [6.07, 6.45) is 3.45. The highest BCUT2D eigenvalue weighted by atomic mass is 32.1. The van der Waals surface area contributed by atoms with E-state index in [4.69, 9.17) is 0 Å². The molecule has 0 fully saturated rings. The largest absolute Gasteiger partial charge is 0.480 e. The molecule has 0 aromatic carbocycles. The van der Waals surface area contributed by atoms with Gasteiger partial charge in [0, 0.05) is 38.0 Å². The Morgan fingerprint density at radius 3 is 2.64 bits per heavy atom. The van der Waals surface area contributed by atoms with Gasteiger partial charge in [-0.3, -0.25) is 0 Å². The van der Waals surface area contributed by atoms with Crippen LogP contribution >= 0.6 is 11.3 Å². The van der Waals surface area contributed by atoms with Crippen molar-refractivity contribution in [3.05, 3.63) is 34.3 Å². The van der Waals surface area contributed by atoms with E-state index in [-0.39, 0.29) is 6.42 Å². The summed E-state index contributed by atoms with van der Waals surface area (Å²) >= 11 is 1.56. The van der Waals surface area contributed by atoms with Crippen molar-refractivity contribution in [3.63, 3.8) is 0 Å². The predicted molar refractivity (Wildman–Crippen MR) is 94.5 cm³/mol. The molecule has 8 nitrogen and oxygen atoms in total. The number of carboxylic acid groups (broad SMARTS) is 1. The third-order valence-corrected chi connectivity index (χ3v) is 4.77. The van der Waals surface area contributed by atoms with Gasteiger partial charge in [-0.1, -0.05) is 13.8 Å². The van der Waals surface area contributed by atoms with Crippen molar-refractivity contribution in [1.82, 2.24) is 24.8 Å². The Kier molecular flexibility index (Phi) is 6.13. The van der Waals surface area contributed by atoms with E-state index in [1.165, 1.54) is 4.90 Å². The zero-order chi connectivity index (χ0) is 18.6. The van der Waals surface area contributed by atoms with Crippen molar-refractivity contribution in [2.45, 2.75) is 38.8 Å². The molecule has 25 heavy (non-hydrogen) atoms. The molecule has 0 unspecified atom stereocenters. The van der Waals surface area contributed by atoms with Crippen molar-refractivity contribution in [2.75, 3.05) is 7.05 Å². The summed E-state index contributed by atoms with van der Waals surface area (Å²) in [4.78, 5) is 33.7. The molecule has 0 spiro atoms. The van der Waals surface area contributed by atoms with Crippen LogP contribution in [0.25, 0.3) is 0 Å². The number of aryl methyl sites for hydroxylation is 1. The van der Waals surface area contributed by atoms with Gasteiger partial charge in [0.1, 0.15) is 6.04 Å². The first-order chi connectivity index (χ1) is 11.8. The molecule has 0 aliphatic heterocycles. The van der Waals surface area contributed by atoms with Gasteiger partial charge in [-0.05, 0) is 0 Å². The number of carboxylic acids is 1. The van der Waals surface area contributed by atoms with Crippen LogP contribution in [0.2, 0.25) is 0 Å². The number of carbonyl (C=O) groups is 2. The fourth-order valence-corrected chi connectivity index (χ4v) is 3.04. The number of aromatic nitrogens is 3. The fraction of sp³-hybridized carbons (Fsp3) is 0.500. The molecule has 2 amide bonds. The van der Waals surface area contributed by atoms with Crippen LogP contribution in [0.15, 0.2) is 17.9 Å². The number of thiazole rings is 1. The maximum absolute atomic E-state index is 12.3. The number of nitrogens with zero attached hydrogens (tertiary/aromatic N) is 4. The van der Waals surface area contributed by atoms with E-state index in [0.717, 1.165) is 10.7 Å². The van der Waals surface area contributed by atoms with E-state index in [1.807, 2.05) is 5.38 Å². The lowest BCUT2D eigenvalue weighted by molar-refractivity contribution is -0.139. The number of amides is 2. The number of hydrogen-bond donors (Lipinski definition) is 2. The SMILES string of the molecule is CC(C)c1nc(CN(C)C(=O)N[C@@H](Cc2cn(C)cn2)C(=O)O)cs1. The Balaban J connectivity index is 1.95. The number of carbonyl (C=O) groups excluding carboxylic acids is 1. The second-order valence-corrected chi connectivity index (χ2v) is 7.15. The summed E-state index contributed by atoms with van der Waals surface area (Å²) in [5, 5.41) is 14.8. The summed E-state index contributed by atoms with van der Waals surface area (Å²) in [6, 6.07) is -1.49. The second-order valence-electron chi connectivity index (χ2n) is 6.26. The Labute approximate surface area is 150 Å². The summed E-state index contributed by atoms with van der Waals surface area (Å²) in [5.74, 6) is -0.754. The monoisotopic (exact) mass is 365 g/mol. The van der Waals surface area contributed by atoms with Crippen LogP contribution in [-0.4, -0.2) is 49.6 Å². The number of urea groups is 1. The highest BCUT2D eigenvalue weighted by Crippen LogP contribution is 2.19. The van der Waals surface area contributed by atoms with Crippen molar-refractivity contribution in [2.24, 2.45) is 7.05 Å². The second kappa shape index (κ2) is 8.11. The van der Waals surface area contributed by atoms with Gasteiger partial charge in [0.25, 0.3) is 0 Å². The quantitative estimate of drug-likeness (QED) is 0.780. The number of imidazole rings is 1. The van der Waals surface area contributed by atoms with Crippen molar-refractivity contribution in [3.8, 4) is 0 Å². The minimum atomic E-state index is -1.09. The maximum Gasteiger partial charge on any atom is 0.326 e. The molecule has 2 N–H and O–H groups in total. The zero-order valence-electron chi connectivity index (χ0n) is 14.8. The average Bonchev–Trinajstić information content (AvgIpc) is 3.15. The molecule has 0 aliphatic rings. The molecular weight excluding hydrogens is 342 g/mol. The summed E-state index contributed by atoms with van der Waals surface area (Å²) in [5.41, 5.74) is 1.40. The van der Waals surface area contributed by atoms with Crippen LogP contribution in [0.3, 0.4) is 0 Å². The van der Waals surface area contributed by atoms with Gasteiger partial charge in [-0.25, -0.2) is 19.6 Å². The van der Waals surface area contributed by atoms with Crippen LogP contribution in [0.4, 0.5) is 4.79 Å². The van der Waals surface area contributed by atoms with Gasteiger partial charge in [0.05, 0.1) is 29.3 Å². The highest BCUT2D eigenvalue weighted by Gasteiger charge is 2.23. The van der Waals surface area contributed by atoms with Crippen molar-refractivity contribution < 1.29 is 14.7 Å². The molecule has 0 bridgehead atoms. The molecular formula is C16H23N5O3S. The van der Waals surface area contributed by atoms with E-state index in [9.17, 15) is 14.7 Å². The maximum atomic E-state index is 12.3. The van der Waals surface area contributed by atoms with Gasteiger partial charge in [-0.15, -0.1) is 11.3 Å². The van der Waals surface area contributed by atoms with Gasteiger partial charge in [0.2, 0.25) is 0 Å². The zero-order valence-corrected chi connectivity index (χ0v) is 15.6. The number of aliphatic carboxylic acids is 1. The van der Waals surface area contributed by atoms with Crippen molar-refractivity contribution >= 4 is 23.3 Å². The molecule has 0 aliphatic carbocycles. The Hall–Kier alpha value is -2.42. The van der Waals surface area contributed by atoms with Crippen LogP contribution in [-0.2, 0) is 24.8 Å². The summed E-state index contributed by atoms with van der Waals surface area (Å²) in [6.45, 7) is 4.45. The lowest BCUT2D eigenvalue weighted by Crippen LogP contribution is -2.47. The van der Waals surface area contributed by atoms with E-state index in [0.29, 0.717) is 18.2 Å². The minimum Gasteiger partial charge on any atom is -0.480 e. The average molecular weight is 365 g/mol. The minimum absolute atomic E-state index is 0.129. The lowest BCUT2D eigenvalue weighted by Gasteiger charge is -2.20. The van der Waals surface area contributed by atoms with Gasteiger partial charge in [0.15, 0.2) is 0 Å². The molecule has 2 aromatic heterocycles. The fourth-order valence-electron chi connectivity index (χ4n) is 2.22. The molecule has 9 heteroatoms. The van der Waals surface area contributed by atoms with Crippen LogP contribution in [0.1, 0.15) is 36.2 Å². The summed E-state index contributed by atoms with van der Waals surface area (Å²) in [7, 11) is 3.42. The highest BCUT2D eigenvalue weighted by molar-refractivity contribution is 7.09. The Bertz CT molecular complexity index is 740. The molecule has 0 saturated heterocycles. The third kappa shape index (κ3) is 5.28. The molecule has 1 atom stereocenters. The first kappa shape index (κ1) is 18.9. The lowest BCUT2D eigenvalue weighted by atomic mass is 10.1. The van der Waals surface area contributed by atoms with E-state index < -0.39 is 18.0 Å². The normalized spacial score (nSPS) is 12.2. The molecule has 0 radical (unpaired) electrons. The van der Waals surface area contributed by atoms with E-state index in [2.05, 4.69) is 29.1 Å². The van der Waals surface area contributed by atoms with Crippen LogP contribution in [0.5, 0.6) is 0 Å². The first-order valence-electron chi connectivity index (χ1n) is 7.91. The topological polar surface area (TPSA) is 100 Å². The van der Waals surface area contributed by atoms with E-state index >= 15 is 0 Å². The van der Waals surface area contributed by atoms with E-state index in [1.54, 1.807) is 42.5 Å². The van der Waals surface area contributed by atoms with Crippen LogP contribution < -0.4 is 5.32 Å². The molecule has 2 rings (SSSR count).